The Balaban J connectivity index is 1.46. The number of carbonyl (C=O) groups is 2. The highest BCUT2D eigenvalue weighted by molar-refractivity contribution is 5.72. The first-order valence-electron chi connectivity index (χ1n) is 13.3. The lowest BCUT2D eigenvalue weighted by Gasteiger charge is -2.69. The van der Waals surface area contributed by atoms with E-state index < -0.39 is 65.6 Å². The van der Waals surface area contributed by atoms with Crippen molar-refractivity contribution >= 4 is 11.9 Å². The molecule has 7 rings (SSSR count). The largest absolute Gasteiger partial charge is 0.462 e. The lowest BCUT2D eigenvalue weighted by atomic mass is 9.40. The van der Waals surface area contributed by atoms with Crippen LogP contribution < -0.4 is 0 Å². The van der Waals surface area contributed by atoms with E-state index >= 15 is 0 Å². The van der Waals surface area contributed by atoms with E-state index in [-0.39, 0.29) is 36.4 Å². The van der Waals surface area contributed by atoms with Crippen LogP contribution in [0.4, 0.5) is 0 Å². The number of hydrogen-bond donors (Lipinski definition) is 2. The molecule has 13 atom stereocenters. The molecule has 0 aromatic rings. The van der Waals surface area contributed by atoms with Crippen LogP contribution in [0.15, 0.2) is 0 Å². The molecular formula is C26H38O10. The summed E-state index contributed by atoms with van der Waals surface area (Å²) in [6, 6.07) is 0. The Kier molecular flexibility index (Phi) is 5.63. The summed E-state index contributed by atoms with van der Waals surface area (Å²) in [4.78, 5) is 25.2. The van der Waals surface area contributed by atoms with Crippen LogP contribution >= 0.6 is 0 Å². The molecule has 2 bridgehead atoms. The van der Waals surface area contributed by atoms with Gasteiger partial charge in [-0.05, 0) is 31.1 Å². The van der Waals surface area contributed by atoms with Gasteiger partial charge in [-0.2, -0.15) is 0 Å². The molecule has 2 saturated carbocycles. The Morgan fingerprint density at radius 1 is 1.03 bits per heavy atom. The first kappa shape index (κ1) is 25.0. The zero-order valence-electron chi connectivity index (χ0n) is 21.5. The normalized spacial score (nSPS) is 54.9. The number of carbonyl (C=O) groups excluding carboxylic acids is 2. The van der Waals surface area contributed by atoms with E-state index in [0.717, 1.165) is 6.42 Å². The van der Waals surface area contributed by atoms with Crippen LogP contribution in [-0.2, 0) is 38.0 Å². The van der Waals surface area contributed by atoms with Crippen LogP contribution in [0.1, 0.15) is 60.3 Å². The predicted octanol–water partition coefficient (Wildman–Crippen LogP) is 1.49. The van der Waals surface area contributed by atoms with Crippen molar-refractivity contribution in [2.24, 2.45) is 34.5 Å². The first-order chi connectivity index (χ1) is 16.9. The van der Waals surface area contributed by atoms with Crippen LogP contribution in [0.25, 0.3) is 0 Å². The Morgan fingerprint density at radius 3 is 2.36 bits per heavy atom. The van der Waals surface area contributed by atoms with Crippen LogP contribution in [-0.4, -0.2) is 77.6 Å². The zero-order valence-corrected chi connectivity index (χ0v) is 21.5. The van der Waals surface area contributed by atoms with Gasteiger partial charge in [-0.15, -0.1) is 0 Å². The Bertz CT molecular complexity index is 920. The van der Waals surface area contributed by atoms with Crippen LogP contribution in [0, 0.1) is 34.5 Å². The van der Waals surface area contributed by atoms with Crippen molar-refractivity contribution in [1.82, 2.24) is 0 Å². The first-order valence-corrected chi connectivity index (χ1v) is 13.3. The van der Waals surface area contributed by atoms with Crippen molar-refractivity contribution in [2.75, 3.05) is 6.61 Å². The van der Waals surface area contributed by atoms with Crippen molar-refractivity contribution < 1.29 is 48.2 Å². The molecule has 36 heavy (non-hydrogen) atoms. The molecule has 0 aromatic heterocycles. The van der Waals surface area contributed by atoms with Crippen molar-refractivity contribution in [1.29, 1.82) is 0 Å². The summed E-state index contributed by atoms with van der Waals surface area (Å²) in [5.41, 5.74) is -2.58. The highest BCUT2D eigenvalue weighted by atomic mass is 16.7. The number of epoxide rings is 1. The van der Waals surface area contributed by atoms with E-state index in [1.165, 1.54) is 6.92 Å². The minimum atomic E-state index is -1.10. The van der Waals surface area contributed by atoms with Gasteiger partial charge < -0.3 is 38.6 Å². The summed E-state index contributed by atoms with van der Waals surface area (Å²) in [7, 11) is 0. The summed E-state index contributed by atoms with van der Waals surface area (Å²) in [5, 5.41) is 21.3. The molecule has 0 aromatic carbocycles. The van der Waals surface area contributed by atoms with Crippen LogP contribution in [0.2, 0.25) is 0 Å². The number of ether oxygens (including phenoxy) is 6. The fourth-order valence-electron chi connectivity index (χ4n) is 8.39. The van der Waals surface area contributed by atoms with E-state index in [4.69, 9.17) is 28.4 Å². The van der Waals surface area contributed by atoms with Gasteiger partial charge in [-0.25, -0.2) is 0 Å². The van der Waals surface area contributed by atoms with E-state index in [1.807, 2.05) is 0 Å². The minimum absolute atomic E-state index is 0.0694. The van der Waals surface area contributed by atoms with Gasteiger partial charge in [0.25, 0.3) is 0 Å². The number of rotatable bonds is 4. The number of fused-ring (bicyclic) bond motifs is 2. The third-order valence-corrected chi connectivity index (χ3v) is 10.4. The Labute approximate surface area is 210 Å². The third-order valence-electron chi connectivity index (χ3n) is 10.4. The highest BCUT2D eigenvalue weighted by Gasteiger charge is 2.86. The van der Waals surface area contributed by atoms with E-state index in [2.05, 4.69) is 13.8 Å². The highest BCUT2D eigenvalue weighted by Crippen LogP contribution is 2.74. The van der Waals surface area contributed by atoms with Gasteiger partial charge in [0.1, 0.15) is 23.2 Å². The average molecular weight is 511 g/mol. The molecule has 10 heteroatoms. The molecule has 202 valence electrons. The topological polar surface area (TPSA) is 133 Å². The van der Waals surface area contributed by atoms with Gasteiger partial charge in [-0.1, -0.05) is 27.7 Å². The molecule has 5 aliphatic heterocycles. The molecule has 7 fully saturated rings. The second-order valence-electron chi connectivity index (χ2n) is 12.4. The van der Waals surface area contributed by atoms with Gasteiger partial charge in [0.05, 0.1) is 24.7 Å². The number of esters is 2. The molecule has 2 N–H and O–H groups in total. The summed E-state index contributed by atoms with van der Waals surface area (Å²) in [5.74, 6) is -1.26. The van der Waals surface area contributed by atoms with Gasteiger partial charge >= 0.3 is 11.9 Å². The molecule has 2 aliphatic carbocycles. The van der Waals surface area contributed by atoms with Crippen LogP contribution in [0.3, 0.4) is 0 Å². The minimum Gasteiger partial charge on any atom is -0.462 e. The van der Waals surface area contributed by atoms with Crippen molar-refractivity contribution in [3.8, 4) is 0 Å². The standard InChI is InChI=1S/C26H38O10/c1-11(2)21(30)36-23-26-16(9-15(33-23)20(29)25(26)10-31-25)24(5,12(3)6-18(26)32-13(4)27)17-7-14-8-19(28)35-22(14)34-17/h11-12,14-20,22-23,28-29H,6-10H2,1-5H3/t12-,14+,15-,16-,17+,18+,19?,20+,22-,23?,24+,25-,26+/m1/s1. The molecule has 7 aliphatic rings. The second kappa shape index (κ2) is 8.10. The summed E-state index contributed by atoms with van der Waals surface area (Å²) >= 11 is 0. The van der Waals surface area contributed by atoms with E-state index in [0.29, 0.717) is 19.3 Å². The summed E-state index contributed by atoms with van der Waals surface area (Å²) in [6.07, 6.45) is -2.45. The van der Waals surface area contributed by atoms with Crippen LogP contribution in [0.5, 0.6) is 0 Å². The molecule has 2 spiro atoms. The number of aliphatic hydroxyl groups is 2. The fraction of sp³-hybridized carbons (Fsp3) is 0.923. The maximum absolute atomic E-state index is 12.9. The van der Waals surface area contributed by atoms with E-state index in [9.17, 15) is 19.8 Å². The number of aliphatic hydroxyl groups excluding tert-OH is 2. The molecule has 10 nitrogen and oxygen atoms in total. The molecular weight excluding hydrogens is 472 g/mol. The molecule has 2 unspecified atom stereocenters. The van der Waals surface area contributed by atoms with Crippen molar-refractivity contribution in [2.45, 2.75) is 109 Å². The summed E-state index contributed by atoms with van der Waals surface area (Å²) in [6.45, 7) is 9.50. The van der Waals surface area contributed by atoms with Crippen molar-refractivity contribution in [3.63, 3.8) is 0 Å². The van der Waals surface area contributed by atoms with Gasteiger partial charge in [-0.3, -0.25) is 9.59 Å². The molecule has 0 amide bonds. The van der Waals surface area contributed by atoms with E-state index in [1.54, 1.807) is 13.8 Å². The third kappa shape index (κ3) is 3.12. The van der Waals surface area contributed by atoms with Gasteiger partial charge in [0.15, 0.2) is 12.6 Å². The zero-order chi connectivity index (χ0) is 25.8. The Hall–Kier alpha value is -1.30. The predicted molar refractivity (Wildman–Crippen MR) is 121 cm³/mol. The monoisotopic (exact) mass is 510 g/mol. The fourth-order valence-corrected chi connectivity index (χ4v) is 8.39. The smallest absolute Gasteiger partial charge is 0.310 e. The van der Waals surface area contributed by atoms with Gasteiger partial charge in [0, 0.05) is 24.7 Å². The molecule has 5 heterocycles. The summed E-state index contributed by atoms with van der Waals surface area (Å²) < 4.78 is 36.5. The van der Waals surface area contributed by atoms with Crippen molar-refractivity contribution in [3.05, 3.63) is 0 Å². The second-order valence-corrected chi connectivity index (χ2v) is 12.4. The Morgan fingerprint density at radius 2 is 1.75 bits per heavy atom. The maximum atomic E-state index is 12.9. The molecule has 5 saturated heterocycles. The maximum Gasteiger partial charge on any atom is 0.310 e. The average Bonchev–Trinajstić information content (AvgIpc) is 3.38. The van der Waals surface area contributed by atoms with Gasteiger partial charge in [0.2, 0.25) is 6.29 Å². The number of hydrogen-bond acceptors (Lipinski definition) is 10. The molecule has 0 radical (unpaired) electrons. The SMILES string of the molecule is CC(=O)O[C@H]1C[C@@H](C)[C@](C)([C@@H]2C[C@H]3CC(O)O[C@H]3O2)[C@H]2C[C@H]3OC(OC(=O)C(C)C)[C@@]12[C@@]1(CO1)[C@H]3O. The quantitative estimate of drug-likeness (QED) is 0.423. The lowest BCUT2D eigenvalue weighted by Crippen LogP contribution is -2.80. The lowest BCUT2D eigenvalue weighted by molar-refractivity contribution is -0.397.